The molecule has 0 unspecified atom stereocenters. The Hall–Kier alpha value is -1.14. The molecule has 2 aromatic rings. The van der Waals surface area contributed by atoms with E-state index < -0.39 is 11.7 Å². The number of halogens is 5. The van der Waals surface area contributed by atoms with Crippen molar-refractivity contribution >= 4 is 27.5 Å². The average Bonchev–Trinajstić information content (AvgIpc) is 2.43. The Labute approximate surface area is 133 Å². The van der Waals surface area contributed by atoms with Crippen LogP contribution in [0.1, 0.15) is 24.6 Å². The van der Waals surface area contributed by atoms with Gasteiger partial charge in [-0.15, -0.1) is 0 Å². The highest BCUT2D eigenvalue weighted by Crippen LogP contribution is 2.31. The van der Waals surface area contributed by atoms with Crippen molar-refractivity contribution in [2.45, 2.75) is 25.9 Å². The largest absolute Gasteiger partial charge is 0.416 e. The number of nitrogens with zero attached hydrogens (tertiary/aromatic N) is 2. The van der Waals surface area contributed by atoms with Crippen LogP contribution >= 0.6 is 27.5 Å². The van der Waals surface area contributed by atoms with Crippen LogP contribution in [0.15, 0.2) is 28.7 Å². The molecule has 0 fully saturated rings. The molecule has 0 atom stereocenters. The third-order valence-electron chi connectivity index (χ3n) is 2.84. The first kappa shape index (κ1) is 16.2. The monoisotopic (exact) mass is 378 g/mol. The highest BCUT2D eigenvalue weighted by molar-refractivity contribution is 9.10. The molecule has 0 spiro atoms. The van der Waals surface area contributed by atoms with Crippen LogP contribution in [-0.2, 0) is 12.6 Å². The molecule has 1 aromatic heterocycles. The van der Waals surface area contributed by atoms with Crippen LogP contribution in [0.4, 0.5) is 13.2 Å². The molecule has 2 nitrogen and oxygen atoms in total. The van der Waals surface area contributed by atoms with Crippen molar-refractivity contribution in [2.24, 2.45) is 0 Å². The van der Waals surface area contributed by atoms with Crippen LogP contribution in [0, 0.1) is 0 Å². The average molecular weight is 380 g/mol. The van der Waals surface area contributed by atoms with Crippen molar-refractivity contribution in [1.82, 2.24) is 9.97 Å². The van der Waals surface area contributed by atoms with Crippen LogP contribution in [0.3, 0.4) is 0 Å². The predicted octanol–water partition coefficient (Wildman–Crippen LogP) is 5.53. The fraction of sp³-hybridized carbons (Fsp3) is 0.286. The lowest BCUT2D eigenvalue weighted by Crippen LogP contribution is -2.04. The lowest BCUT2D eigenvalue weighted by atomic mass is 10.1. The lowest BCUT2D eigenvalue weighted by molar-refractivity contribution is -0.137. The molecule has 7 heteroatoms. The summed E-state index contributed by atoms with van der Waals surface area (Å²) in [6, 6.07) is 4.71. The van der Waals surface area contributed by atoms with E-state index in [1.165, 1.54) is 12.1 Å². The molecule has 1 heterocycles. The van der Waals surface area contributed by atoms with Crippen molar-refractivity contribution < 1.29 is 13.2 Å². The summed E-state index contributed by atoms with van der Waals surface area (Å²) >= 11 is 9.35. The van der Waals surface area contributed by atoms with E-state index in [4.69, 9.17) is 11.6 Å². The highest BCUT2D eigenvalue weighted by Gasteiger charge is 2.30. The standard InChI is InChI=1S/C14H11BrClF3N2/c1-2-3-10-11(15)12(16)21-13(20-10)8-4-6-9(7-5-8)14(17,18)19/h4-7H,2-3H2,1H3. The summed E-state index contributed by atoms with van der Waals surface area (Å²) < 4.78 is 38.3. The van der Waals surface area contributed by atoms with Crippen molar-refractivity contribution in [3.05, 3.63) is 45.1 Å². The summed E-state index contributed by atoms with van der Waals surface area (Å²) in [7, 11) is 0. The van der Waals surface area contributed by atoms with E-state index in [-0.39, 0.29) is 5.15 Å². The van der Waals surface area contributed by atoms with Gasteiger partial charge in [0.05, 0.1) is 15.7 Å². The first-order valence-corrected chi connectivity index (χ1v) is 7.39. The van der Waals surface area contributed by atoms with Gasteiger partial charge in [0.1, 0.15) is 5.15 Å². The van der Waals surface area contributed by atoms with Crippen molar-refractivity contribution in [3.63, 3.8) is 0 Å². The SMILES string of the molecule is CCCc1nc(-c2ccc(C(F)(F)F)cc2)nc(Cl)c1Br. The van der Waals surface area contributed by atoms with Gasteiger partial charge in [-0.05, 0) is 34.5 Å². The van der Waals surface area contributed by atoms with E-state index >= 15 is 0 Å². The number of aromatic nitrogens is 2. The van der Waals surface area contributed by atoms with Gasteiger partial charge in [-0.3, -0.25) is 0 Å². The van der Waals surface area contributed by atoms with Gasteiger partial charge in [-0.25, -0.2) is 9.97 Å². The van der Waals surface area contributed by atoms with Crippen molar-refractivity contribution in [3.8, 4) is 11.4 Å². The zero-order valence-electron chi connectivity index (χ0n) is 11.0. The Morgan fingerprint density at radius 2 is 1.76 bits per heavy atom. The predicted molar refractivity (Wildman–Crippen MR) is 79.2 cm³/mol. The second-order valence-electron chi connectivity index (χ2n) is 4.42. The molecular formula is C14H11BrClF3N2. The maximum absolute atomic E-state index is 12.5. The van der Waals surface area contributed by atoms with Gasteiger partial charge in [-0.2, -0.15) is 13.2 Å². The first-order valence-electron chi connectivity index (χ1n) is 6.22. The minimum absolute atomic E-state index is 0.253. The van der Waals surface area contributed by atoms with E-state index in [2.05, 4.69) is 25.9 Å². The molecule has 0 aliphatic rings. The molecule has 21 heavy (non-hydrogen) atoms. The number of benzene rings is 1. The summed E-state index contributed by atoms with van der Waals surface area (Å²) in [5.41, 5.74) is 0.533. The highest BCUT2D eigenvalue weighted by atomic mass is 79.9. The fourth-order valence-corrected chi connectivity index (χ4v) is 2.37. The number of alkyl halides is 3. The van der Waals surface area contributed by atoms with Gasteiger partial charge in [-0.1, -0.05) is 37.1 Å². The molecule has 0 aliphatic heterocycles. The number of hydrogen-bond donors (Lipinski definition) is 0. The van der Waals surface area contributed by atoms with E-state index in [1.807, 2.05) is 6.92 Å². The summed E-state index contributed by atoms with van der Waals surface area (Å²) in [5.74, 6) is 0.320. The van der Waals surface area contributed by atoms with Crippen LogP contribution in [-0.4, -0.2) is 9.97 Å². The molecule has 0 saturated carbocycles. The Morgan fingerprint density at radius 1 is 1.14 bits per heavy atom. The van der Waals surface area contributed by atoms with Gasteiger partial charge in [0.2, 0.25) is 0 Å². The molecule has 0 radical (unpaired) electrons. The molecule has 1 aromatic carbocycles. The molecule has 112 valence electrons. The molecule has 0 N–H and O–H groups in total. The van der Waals surface area contributed by atoms with Gasteiger partial charge in [0.15, 0.2) is 5.82 Å². The number of rotatable bonds is 3. The topological polar surface area (TPSA) is 25.8 Å². The lowest BCUT2D eigenvalue weighted by Gasteiger charge is -2.09. The Kier molecular flexibility index (Phi) is 4.88. The van der Waals surface area contributed by atoms with Crippen LogP contribution < -0.4 is 0 Å². The Morgan fingerprint density at radius 3 is 2.29 bits per heavy atom. The second-order valence-corrected chi connectivity index (χ2v) is 5.57. The Balaban J connectivity index is 2.42. The smallest absolute Gasteiger partial charge is 0.232 e. The van der Waals surface area contributed by atoms with E-state index in [1.54, 1.807) is 0 Å². The third kappa shape index (κ3) is 3.74. The molecule has 0 amide bonds. The molecule has 0 saturated heterocycles. The molecule has 0 bridgehead atoms. The zero-order chi connectivity index (χ0) is 15.6. The van der Waals surface area contributed by atoms with Gasteiger partial charge in [0.25, 0.3) is 0 Å². The van der Waals surface area contributed by atoms with Gasteiger partial charge >= 0.3 is 6.18 Å². The fourth-order valence-electron chi connectivity index (χ4n) is 1.80. The quantitative estimate of drug-likeness (QED) is 0.655. The van der Waals surface area contributed by atoms with Crippen molar-refractivity contribution in [1.29, 1.82) is 0 Å². The van der Waals surface area contributed by atoms with Crippen molar-refractivity contribution in [2.75, 3.05) is 0 Å². The van der Waals surface area contributed by atoms with E-state index in [9.17, 15) is 13.2 Å². The first-order chi connectivity index (χ1) is 9.82. The minimum atomic E-state index is -4.36. The maximum atomic E-state index is 12.5. The van der Waals surface area contributed by atoms with Gasteiger partial charge < -0.3 is 0 Å². The molecule has 0 aliphatic carbocycles. The summed E-state index contributed by atoms with van der Waals surface area (Å²) in [5, 5.41) is 0.253. The summed E-state index contributed by atoms with van der Waals surface area (Å²) in [6.07, 6.45) is -2.78. The Bertz CT molecular complexity index is 642. The van der Waals surface area contributed by atoms with E-state index in [0.29, 0.717) is 22.3 Å². The summed E-state index contributed by atoms with van der Waals surface area (Å²) in [4.78, 5) is 8.47. The normalized spacial score (nSPS) is 11.7. The second kappa shape index (κ2) is 6.32. The third-order valence-corrected chi connectivity index (χ3v) is 4.17. The van der Waals surface area contributed by atoms with Crippen LogP contribution in [0.2, 0.25) is 5.15 Å². The van der Waals surface area contributed by atoms with Crippen LogP contribution in [0.25, 0.3) is 11.4 Å². The van der Waals surface area contributed by atoms with E-state index in [0.717, 1.165) is 24.2 Å². The minimum Gasteiger partial charge on any atom is -0.232 e. The summed E-state index contributed by atoms with van der Waals surface area (Å²) in [6.45, 7) is 2.00. The van der Waals surface area contributed by atoms with Gasteiger partial charge in [0, 0.05) is 5.56 Å². The van der Waals surface area contributed by atoms with Crippen LogP contribution in [0.5, 0.6) is 0 Å². The molecule has 2 rings (SSSR count). The zero-order valence-corrected chi connectivity index (χ0v) is 13.3. The number of aryl methyl sites for hydroxylation is 1. The maximum Gasteiger partial charge on any atom is 0.416 e. The molecular weight excluding hydrogens is 369 g/mol. The number of hydrogen-bond acceptors (Lipinski definition) is 2.